The average molecular weight is 176 g/mol. The Labute approximate surface area is 68.0 Å². The lowest BCUT2D eigenvalue weighted by atomic mass is 10.5. The molecule has 1 rings (SSSR count). The molecule has 10 heavy (non-hydrogen) atoms. The third kappa shape index (κ3) is 1.52. The molecule has 3 nitrogen and oxygen atoms in total. The molecule has 0 radical (unpaired) electrons. The first kappa shape index (κ1) is 7.63. The van der Waals surface area contributed by atoms with E-state index in [1.807, 2.05) is 6.26 Å². The van der Waals surface area contributed by atoms with Gasteiger partial charge in [-0.3, -0.25) is 0 Å². The van der Waals surface area contributed by atoms with Gasteiger partial charge >= 0.3 is 0 Å². The van der Waals surface area contributed by atoms with Gasteiger partial charge in [-0.25, -0.2) is 0 Å². The summed E-state index contributed by atoms with van der Waals surface area (Å²) < 4.78 is 0. The number of thioether (sulfide) groups is 1. The Bertz CT molecular complexity index is 240. The second kappa shape index (κ2) is 3.07. The number of rotatable bonds is 1. The number of aromatic nitrogens is 2. The Morgan fingerprint density at radius 2 is 2.30 bits per heavy atom. The Hall–Kier alpha value is -0.480. The zero-order chi connectivity index (χ0) is 7.56. The molecule has 0 unspecified atom stereocenters. The highest BCUT2D eigenvalue weighted by Gasteiger charge is 1.99. The van der Waals surface area contributed by atoms with Crippen LogP contribution in [0.5, 0.6) is 0 Å². The molecule has 1 aromatic rings. The lowest BCUT2D eigenvalue weighted by Gasteiger charge is -1.97. The van der Waals surface area contributed by atoms with Crippen molar-refractivity contribution in [3.05, 3.63) is 11.2 Å². The van der Waals surface area contributed by atoms with E-state index in [9.17, 15) is 0 Å². The number of hydrogen-bond donors (Lipinski definition) is 1. The van der Waals surface area contributed by atoms with E-state index in [2.05, 4.69) is 10.2 Å². The standard InChI is InChI=1S/C5H6ClN3S/c1-10-5-3(7)2-4(6)8-9-5/h2H,1H3,(H2,7,8). The van der Waals surface area contributed by atoms with Crippen LogP contribution in [0.1, 0.15) is 0 Å². The van der Waals surface area contributed by atoms with Gasteiger partial charge in [0.2, 0.25) is 0 Å². The molecule has 0 saturated heterocycles. The summed E-state index contributed by atoms with van der Waals surface area (Å²) in [6, 6.07) is 1.58. The summed E-state index contributed by atoms with van der Waals surface area (Å²) in [6.07, 6.45) is 1.88. The Kier molecular flexibility index (Phi) is 2.34. The molecule has 0 aliphatic carbocycles. The van der Waals surface area contributed by atoms with Crippen LogP contribution in [0.25, 0.3) is 0 Å². The van der Waals surface area contributed by atoms with Crippen molar-refractivity contribution in [2.75, 3.05) is 12.0 Å². The highest BCUT2D eigenvalue weighted by molar-refractivity contribution is 7.98. The number of nitrogens with two attached hydrogens (primary N) is 1. The first-order chi connectivity index (χ1) is 4.74. The fraction of sp³-hybridized carbons (Fsp3) is 0.200. The van der Waals surface area contributed by atoms with Crippen molar-refractivity contribution in [1.82, 2.24) is 10.2 Å². The van der Waals surface area contributed by atoms with Crippen molar-refractivity contribution in [2.45, 2.75) is 5.03 Å². The SMILES string of the molecule is CSc1nnc(Cl)cc1N. The minimum absolute atomic E-state index is 0.329. The van der Waals surface area contributed by atoms with Gasteiger partial charge in [0.1, 0.15) is 5.03 Å². The van der Waals surface area contributed by atoms with Crippen molar-refractivity contribution in [2.24, 2.45) is 0 Å². The maximum absolute atomic E-state index is 5.52. The molecule has 1 heterocycles. The normalized spacial score (nSPS) is 9.80. The predicted octanol–water partition coefficient (Wildman–Crippen LogP) is 1.43. The van der Waals surface area contributed by atoms with Gasteiger partial charge in [-0.2, -0.15) is 0 Å². The Morgan fingerprint density at radius 3 is 2.80 bits per heavy atom. The summed E-state index contributed by atoms with van der Waals surface area (Å²) in [5, 5.41) is 8.42. The Balaban J connectivity index is 3.07. The molecule has 0 aliphatic rings. The molecule has 0 amide bonds. The van der Waals surface area contributed by atoms with Gasteiger partial charge in [0.25, 0.3) is 0 Å². The molecule has 0 spiro atoms. The van der Waals surface area contributed by atoms with E-state index in [4.69, 9.17) is 17.3 Å². The molecule has 1 aromatic heterocycles. The fourth-order valence-corrected chi connectivity index (χ4v) is 1.10. The van der Waals surface area contributed by atoms with E-state index in [1.54, 1.807) is 6.07 Å². The molecule has 0 aromatic carbocycles. The van der Waals surface area contributed by atoms with Gasteiger partial charge in [0.15, 0.2) is 5.15 Å². The van der Waals surface area contributed by atoms with Crippen LogP contribution in [0.3, 0.4) is 0 Å². The van der Waals surface area contributed by atoms with Crippen LogP contribution < -0.4 is 5.73 Å². The van der Waals surface area contributed by atoms with Crippen molar-refractivity contribution < 1.29 is 0 Å². The van der Waals surface area contributed by atoms with Crippen LogP contribution in [-0.2, 0) is 0 Å². The molecule has 0 bridgehead atoms. The predicted molar refractivity (Wildman–Crippen MR) is 43.2 cm³/mol. The average Bonchev–Trinajstić information content (AvgIpc) is 1.88. The molecule has 54 valence electrons. The van der Waals surface area contributed by atoms with Crippen LogP contribution in [0.4, 0.5) is 5.69 Å². The van der Waals surface area contributed by atoms with Crippen LogP contribution in [0, 0.1) is 0 Å². The van der Waals surface area contributed by atoms with E-state index in [0.29, 0.717) is 15.9 Å². The molecular weight excluding hydrogens is 170 g/mol. The molecule has 0 atom stereocenters. The van der Waals surface area contributed by atoms with E-state index in [0.717, 1.165) is 0 Å². The minimum atomic E-state index is 0.329. The molecule has 0 saturated carbocycles. The van der Waals surface area contributed by atoms with Gasteiger partial charge in [-0.05, 0) is 6.26 Å². The number of hydrogen-bond acceptors (Lipinski definition) is 4. The summed E-state index contributed by atoms with van der Waals surface area (Å²) in [6.45, 7) is 0. The summed E-state index contributed by atoms with van der Waals surface area (Å²) in [5.41, 5.74) is 6.10. The smallest absolute Gasteiger partial charge is 0.153 e. The molecule has 0 fully saturated rings. The molecule has 5 heteroatoms. The van der Waals surface area contributed by atoms with Gasteiger partial charge in [0.05, 0.1) is 5.69 Å². The summed E-state index contributed by atoms with van der Waals surface area (Å²) in [4.78, 5) is 0. The second-order valence-electron chi connectivity index (χ2n) is 1.63. The van der Waals surface area contributed by atoms with Crippen molar-refractivity contribution in [1.29, 1.82) is 0 Å². The van der Waals surface area contributed by atoms with Gasteiger partial charge < -0.3 is 5.73 Å². The third-order valence-corrected chi connectivity index (χ3v) is 1.84. The lowest BCUT2D eigenvalue weighted by Crippen LogP contribution is -1.93. The molecule has 2 N–H and O–H groups in total. The maximum Gasteiger partial charge on any atom is 0.153 e. The zero-order valence-corrected chi connectivity index (χ0v) is 6.91. The number of halogens is 1. The number of nitrogen functional groups attached to an aromatic ring is 1. The summed E-state index contributed by atoms with van der Waals surface area (Å²) in [7, 11) is 0. The highest BCUT2D eigenvalue weighted by atomic mass is 35.5. The largest absolute Gasteiger partial charge is 0.396 e. The third-order valence-electron chi connectivity index (χ3n) is 0.951. The van der Waals surface area contributed by atoms with E-state index < -0.39 is 0 Å². The second-order valence-corrected chi connectivity index (χ2v) is 2.81. The number of anilines is 1. The van der Waals surface area contributed by atoms with Crippen LogP contribution in [0.2, 0.25) is 5.15 Å². The van der Waals surface area contributed by atoms with Gasteiger partial charge in [-0.1, -0.05) is 11.6 Å². The highest BCUT2D eigenvalue weighted by Crippen LogP contribution is 2.20. The van der Waals surface area contributed by atoms with Gasteiger partial charge in [-0.15, -0.1) is 22.0 Å². The Morgan fingerprint density at radius 1 is 1.60 bits per heavy atom. The van der Waals surface area contributed by atoms with Crippen LogP contribution in [-0.4, -0.2) is 16.5 Å². The van der Waals surface area contributed by atoms with Crippen LogP contribution >= 0.6 is 23.4 Å². The van der Waals surface area contributed by atoms with Gasteiger partial charge in [0, 0.05) is 6.07 Å². The van der Waals surface area contributed by atoms with Crippen molar-refractivity contribution in [3.8, 4) is 0 Å². The summed E-state index contributed by atoms with van der Waals surface area (Å²) >= 11 is 6.96. The van der Waals surface area contributed by atoms with E-state index >= 15 is 0 Å². The van der Waals surface area contributed by atoms with Crippen molar-refractivity contribution >= 4 is 29.1 Å². The molecular formula is C5H6ClN3S. The monoisotopic (exact) mass is 175 g/mol. The minimum Gasteiger partial charge on any atom is -0.396 e. The van der Waals surface area contributed by atoms with E-state index in [1.165, 1.54) is 11.8 Å². The first-order valence-corrected chi connectivity index (χ1v) is 4.17. The lowest BCUT2D eigenvalue weighted by molar-refractivity contribution is 0.938. The van der Waals surface area contributed by atoms with E-state index in [-0.39, 0.29) is 0 Å². The number of nitrogens with zero attached hydrogens (tertiary/aromatic N) is 2. The van der Waals surface area contributed by atoms with Crippen LogP contribution in [0.15, 0.2) is 11.1 Å². The maximum atomic E-state index is 5.52. The fourth-order valence-electron chi connectivity index (χ4n) is 0.529. The topological polar surface area (TPSA) is 51.8 Å². The first-order valence-electron chi connectivity index (χ1n) is 2.56. The summed E-state index contributed by atoms with van der Waals surface area (Å²) in [5.74, 6) is 0. The quantitative estimate of drug-likeness (QED) is 0.657. The molecule has 0 aliphatic heterocycles. The zero-order valence-electron chi connectivity index (χ0n) is 5.34. The van der Waals surface area contributed by atoms with Crippen molar-refractivity contribution in [3.63, 3.8) is 0 Å².